The SMILES string of the molecule is CCCCC(CC)C(Br)c1cc(Br)c(C)s1. The molecule has 0 radical (unpaired) electrons. The Morgan fingerprint density at radius 1 is 1.38 bits per heavy atom. The van der Waals surface area contributed by atoms with Crippen LogP contribution in [0.25, 0.3) is 0 Å². The van der Waals surface area contributed by atoms with Crippen LogP contribution in [-0.4, -0.2) is 0 Å². The Bertz CT molecular complexity index is 300. The highest BCUT2D eigenvalue weighted by Gasteiger charge is 2.20. The van der Waals surface area contributed by atoms with E-state index in [1.807, 2.05) is 11.3 Å². The molecule has 16 heavy (non-hydrogen) atoms. The van der Waals surface area contributed by atoms with Crippen LogP contribution in [0.4, 0.5) is 0 Å². The molecule has 1 aromatic rings. The van der Waals surface area contributed by atoms with Gasteiger partial charge in [-0.3, -0.25) is 0 Å². The number of hydrogen-bond acceptors (Lipinski definition) is 1. The summed E-state index contributed by atoms with van der Waals surface area (Å²) in [6.07, 6.45) is 5.22. The first-order valence-corrected chi connectivity index (χ1v) is 8.52. The quantitative estimate of drug-likeness (QED) is 0.505. The second kappa shape index (κ2) is 7.17. The Morgan fingerprint density at radius 2 is 2.06 bits per heavy atom. The second-order valence-corrected chi connectivity index (χ2v) is 7.39. The summed E-state index contributed by atoms with van der Waals surface area (Å²) in [6, 6.07) is 2.27. The third-order valence-electron chi connectivity index (χ3n) is 3.01. The fourth-order valence-electron chi connectivity index (χ4n) is 1.87. The second-order valence-electron chi connectivity index (χ2n) is 4.27. The van der Waals surface area contributed by atoms with Gasteiger partial charge in [0.25, 0.3) is 0 Å². The normalized spacial score (nSPS) is 15.1. The monoisotopic (exact) mass is 366 g/mol. The van der Waals surface area contributed by atoms with Gasteiger partial charge in [-0.2, -0.15) is 0 Å². The van der Waals surface area contributed by atoms with Crippen molar-refractivity contribution in [2.45, 2.75) is 51.3 Å². The van der Waals surface area contributed by atoms with E-state index in [4.69, 9.17) is 0 Å². The van der Waals surface area contributed by atoms with Crippen LogP contribution in [0, 0.1) is 12.8 Å². The highest BCUT2D eigenvalue weighted by atomic mass is 79.9. The van der Waals surface area contributed by atoms with Crippen LogP contribution < -0.4 is 0 Å². The molecular weight excluding hydrogens is 348 g/mol. The fourth-order valence-corrected chi connectivity index (χ4v) is 4.56. The van der Waals surface area contributed by atoms with Gasteiger partial charge in [-0.05, 0) is 41.3 Å². The molecular formula is C13H20Br2S. The molecule has 0 bridgehead atoms. The van der Waals surface area contributed by atoms with E-state index in [0.717, 1.165) is 5.92 Å². The van der Waals surface area contributed by atoms with Gasteiger partial charge >= 0.3 is 0 Å². The van der Waals surface area contributed by atoms with Gasteiger partial charge in [-0.1, -0.05) is 49.0 Å². The number of rotatable bonds is 6. The third-order valence-corrected chi connectivity index (χ3v) is 6.78. The molecule has 2 unspecified atom stereocenters. The lowest BCUT2D eigenvalue weighted by Gasteiger charge is -2.19. The first-order valence-electron chi connectivity index (χ1n) is 6.00. The largest absolute Gasteiger partial charge is 0.143 e. The lowest BCUT2D eigenvalue weighted by atomic mass is 9.95. The first-order chi connectivity index (χ1) is 7.60. The summed E-state index contributed by atoms with van der Waals surface area (Å²) in [5.74, 6) is 0.768. The highest BCUT2D eigenvalue weighted by Crippen LogP contribution is 2.41. The molecule has 0 nitrogen and oxygen atoms in total. The summed E-state index contributed by atoms with van der Waals surface area (Å²) in [4.78, 5) is 3.37. The minimum Gasteiger partial charge on any atom is -0.143 e. The molecule has 0 fully saturated rings. The molecule has 0 aliphatic carbocycles. The zero-order valence-corrected chi connectivity index (χ0v) is 14.2. The van der Waals surface area contributed by atoms with Crippen LogP contribution in [0.2, 0.25) is 0 Å². The molecule has 0 saturated carbocycles. The van der Waals surface area contributed by atoms with Crippen LogP contribution in [-0.2, 0) is 0 Å². The fraction of sp³-hybridized carbons (Fsp3) is 0.692. The van der Waals surface area contributed by atoms with Gasteiger partial charge in [-0.25, -0.2) is 0 Å². The van der Waals surface area contributed by atoms with Crippen LogP contribution >= 0.6 is 43.2 Å². The van der Waals surface area contributed by atoms with Gasteiger partial charge < -0.3 is 0 Å². The summed E-state index contributed by atoms with van der Waals surface area (Å²) >= 11 is 9.38. The Hall–Kier alpha value is 0.660. The predicted molar refractivity (Wildman–Crippen MR) is 81.7 cm³/mol. The molecule has 3 heteroatoms. The van der Waals surface area contributed by atoms with Gasteiger partial charge in [0.2, 0.25) is 0 Å². The molecule has 0 aromatic carbocycles. The van der Waals surface area contributed by atoms with Crippen molar-refractivity contribution in [2.75, 3.05) is 0 Å². The van der Waals surface area contributed by atoms with Crippen molar-refractivity contribution >= 4 is 43.2 Å². The van der Waals surface area contributed by atoms with Crippen LogP contribution in [0.1, 0.15) is 54.1 Å². The van der Waals surface area contributed by atoms with E-state index >= 15 is 0 Å². The smallest absolute Gasteiger partial charge is 0.0517 e. The van der Waals surface area contributed by atoms with Crippen molar-refractivity contribution in [1.29, 1.82) is 0 Å². The van der Waals surface area contributed by atoms with Gasteiger partial charge in [0.15, 0.2) is 0 Å². The molecule has 1 rings (SSSR count). The van der Waals surface area contributed by atoms with E-state index < -0.39 is 0 Å². The third kappa shape index (κ3) is 3.85. The molecule has 92 valence electrons. The van der Waals surface area contributed by atoms with Gasteiger partial charge in [0, 0.05) is 14.2 Å². The summed E-state index contributed by atoms with van der Waals surface area (Å²) in [7, 11) is 0. The van der Waals surface area contributed by atoms with E-state index in [9.17, 15) is 0 Å². The van der Waals surface area contributed by atoms with E-state index in [2.05, 4.69) is 58.7 Å². The maximum atomic E-state index is 3.88. The number of halogens is 2. The molecule has 0 N–H and O–H groups in total. The number of alkyl halides is 1. The zero-order chi connectivity index (χ0) is 12.1. The minimum absolute atomic E-state index is 0.527. The highest BCUT2D eigenvalue weighted by molar-refractivity contribution is 9.10. The van der Waals surface area contributed by atoms with Gasteiger partial charge in [-0.15, -0.1) is 11.3 Å². The van der Waals surface area contributed by atoms with Crippen LogP contribution in [0.15, 0.2) is 10.5 Å². The van der Waals surface area contributed by atoms with Crippen molar-refractivity contribution in [1.82, 2.24) is 0 Å². The van der Waals surface area contributed by atoms with Crippen molar-refractivity contribution < 1.29 is 0 Å². The average Bonchev–Trinajstić information content (AvgIpc) is 2.60. The van der Waals surface area contributed by atoms with E-state index in [1.165, 1.54) is 39.9 Å². The Balaban J connectivity index is 2.70. The van der Waals surface area contributed by atoms with E-state index in [1.54, 1.807) is 0 Å². The van der Waals surface area contributed by atoms with Crippen molar-refractivity contribution in [3.05, 3.63) is 20.3 Å². The molecule has 1 aromatic heterocycles. The Kier molecular flexibility index (Phi) is 6.60. The van der Waals surface area contributed by atoms with Crippen molar-refractivity contribution in [2.24, 2.45) is 5.92 Å². The van der Waals surface area contributed by atoms with Crippen LogP contribution in [0.5, 0.6) is 0 Å². The van der Waals surface area contributed by atoms with Crippen LogP contribution in [0.3, 0.4) is 0 Å². The summed E-state index contributed by atoms with van der Waals surface area (Å²) in [6.45, 7) is 6.73. The van der Waals surface area contributed by atoms with Crippen molar-refractivity contribution in [3.8, 4) is 0 Å². The number of hydrogen-bond donors (Lipinski definition) is 0. The average molecular weight is 368 g/mol. The molecule has 0 saturated heterocycles. The summed E-state index contributed by atoms with van der Waals surface area (Å²) in [5.41, 5.74) is 0. The molecule has 0 spiro atoms. The predicted octanol–water partition coefficient (Wildman–Crippen LogP) is 6.47. The maximum Gasteiger partial charge on any atom is 0.0517 e. The lowest BCUT2D eigenvalue weighted by Crippen LogP contribution is -2.05. The lowest BCUT2D eigenvalue weighted by molar-refractivity contribution is 0.449. The topological polar surface area (TPSA) is 0 Å². The minimum atomic E-state index is 0.527. The maximum absolute atomic E-state index is 3.88. The summed E-state index contributed by atoms with van der Waals surface area (Å²) < 4.78 is 1.25. The summed E-state index contributed by atoms with van der Waals surface area (Å²) in [5, 5.41) is 0. The zero-order valence-electron chi connectivity index (χ0n) is 10.2. The molecule has 2 atom stereocenters. The Morgan fingerprint density at radius 3 is 2.50 bits per heavy atom. The van der Waals surface area contributed by atoms with Crippen molar-refractivity contribution in [3.63, 3.8) is 0 Å². The number of unbranched alkanes of at least 4 members (excludes halogenated alkanes) is 1. The molecule has 0 aliphatic heterocycles. The first kappa shape index (κ1) is 14.7. The van der Waals surface area contributed by atoms with Gasteiger partial charge in [0.1, 0.15) is 0 Å². The number of thiophene rings is 1. The molecule has 0 amide bonds. The number of aryl methyl sites for hydroxylation is 1. The molecule has 0 aliphatic rings. The standard InChI is InChI=1S/C13H20Br2S/c1-4-6-7-10(5-2)13(15)12-8-11(14)9(3)16-12/h8,10,13H,4-7H2,1-3H3. The van der Waals surface area contributed by atoms with Gasteiger partial charge in [0.05, 0.1) is 4.83 Å². The van der Waals surface area contributed by atoms with E-state index in [-0.39, 0.29) is 0 Å². The molecule has 1 heterocycles. The Labute approximate surface area is 120 Å². The van der Waals surface area contributed by atoms with E-state index in [0.29, 0.717) is 4.83 Å².